The average molecular weight is 275 g/mol. The van der Waals surface area contributed by atoms with Crippen molar-refractivity contribution < 1.29 is 4.39 Å². The van der Waals surface area contributed by atoms with E-state index in [0.717, 1.165) is 17.1 Å². The first-order valence-corrected chi connectivity index (χ1v) is 7.32. The molecule has 2 aromatic carbocycles. The number of aryl methyl sites for hydroxylation is 1. The normalized spacial score (nSPS) is 12.4. The molecule has 2 rings (SSSR count). The maximum atomic E-state index is 13.0. The van der Waals surface area contributed by atoms with Crippen LogP contribution in [-0.2, 0) is 6.42 Å². The van der Waals surface area contributed by atoms with Crippen LogP contribution >= 0.6 is 11.8 Å². The van der Waals surface area contributed by atoms with E-state index in [1.807, 2.05) is 18.2 Å². The van der Waals surface area contributed by atoms with Gasteiger partial charge in [-0.05, 0) is 42.7 Å². The fourth-order valence-corrected chi connectivity index (χ4v) is 2.84. The molecule has 100 valence electrons. The van der Waals surface area contributed by atoms with Gasteiger partial charge in [-0.25, -0.2) is 4.39 Å². The highest BCUT2D eigenvalue weighted by Crippen LogP contribution is 2.20. The SMILES string of the molecule is Cc1ccccc1CC(N)CSc1cccc(F)c1. The van der Waals surface area contributed by atoms with Crippen molar-refractivity contribution in [3.63, 3.8) is 0 Å². The van der Waals surface area contributed by atoms with Gasteiger partial charge in [-0.1, -0.05) is 30.3 Å². The van der Waals surface area contributed by atoms with Crippen molar-refractivity contribution in [2.24, 2.45) is 5.73 Å². The molecule has 0 heterocycles. The van der Waals surface area contributed by atoms with Crippen LogP contribution in [0, 0.1) is 12.7 Å². The second-order valence-electron chi connectivity index (χ2n) is 4.66. The first kappa shape index (κ1) is 14.1. The van der Waals surface area contributed by atoms with Crippen LogP contribution in [0.5, 0.6) is 0 Å². The Kier molecular flexibility index (Phi) is 5.00. The van der Waals surface area contributed by atoms with E-state index < -0.39 is 0 Å². The van der Waals surface area contributed by atoms with Crippen molar-refractivity contribution in [1.82, 2.24) is 0 Å². The van der Waals surface area contributed by atoms with Crippen LogP contribution in [0.15, 0.2) is 53.4 Å². The van der Waals surface area contributed by atoms with Gasteiger partial charge in [0.1, 0.15) is 5.82 Å². The van der Waals surface area contributed by atoms with Crippen molar-refractivity contribution in [1.29, 1.82) is 0 Å². The molecule has 3 heteroatoms. The minimum absolute atomic E-state index is 0.0781. The first-order valence-electron chi connectivity index (χ1n) is 6.33. The lowest BCUT2D eigenvalue weighted by Gasteiger charge is -2.13. The van der Waals surface area contributed by atoms with Crippen LogP contribution in [0.3, 0.4) is 0 Å². The van der Waals surface area contributed by atoms with Crippen molar-refractivity contribution in [2.75, 3.05) is 5.75 Å². The zero-order valence-corrected chi connectivity index (χ0v) is 11.8. The summed E-state index contributed by atoms with van der Waals surface area (Å²) in [5.74, 6) is 0.593. The molecule has 0 aliphatic rings. The number of thioether (sulfide) groups is 1. The molecule has 1 atom stereocenters. The molecule has 0 bridgehead atoms. The van der Waals surface area contributed by atoms with E-state index in [0.29, 0.717) is 0 Å². The Labute approximate surface area is 118 Å². The van der Waals surface area contributed by atoms with Gasteiger partial charge in [-0.15, -0.1) is 11.8 Å². The monoisotopic (exact) mass is 275 g/mol. The third-order valence-corrected chi connectivity index (χ3v) is 4.19. The molecule has 2 aromatic rings. The minimum Gasteiger partial charge on any atom is -0.327 e. The Balaban J connectivity index is 1.88. The molecule has 0 saturated carbocycles. The maximum absolute atomic E-state index is 13.0. The van der Waals surface area contributed by atoms with Crippen molar-refractivity contribution in [3.05, 3.63) is 65.5 Å². The predicted molar refractivity (Wildman–Crippen MR) is 80.0 cm³/mol. The third-order valence-electron chi connectivity index (χ3n) is 3.00. The van der Waals surface area contributed by atoms with Gasteiger partial charge in [0.05, 0.1) is 0 Å². The quantitative estimate of drug-likeness (QED) is 0.840. The fraction of sp³-hybridized carbons (Fsp3) is 0.250. The van der Waals surface area contributed by atoms with Gasteiger partial charge in [-0.2, -0.15) is 0 Å². The van der Waals surface area contributed by atoms with Crippen molar-refractivity contribution in [2.45, 2.75) is 24.3 Å². The van der Waals surface area contributed by atoms with Gasteiger partial charge in [0.2, 0.25) is 0 Å². The molecule has 0 aliphatic heterocycles. The molecule has 0 aromatic heterocycles. The molecule has 0 spiro atoms. The molecule has 19 heavy (non-hydrogen) atoms. The van der Waals surface area contributed by atoms with Crippen LogP contribution in [0.25, 0.3) is 0 Å². The summed E-state index contributed by atoms with van der Waals surface area (Å²) in [6, 6.07) is 15.0. The highest BCUT2D eigenvalue weighted by molar-refractivity contribution is 7.99. The van der Waals surface area contributed by atoms with E-state index in [1.165, 1.54) is 17.2 Å². The van der Waals surface area contributed by atoms with E-state index in [4.69, 9.17) is 5.73 Å². The van der Waals surface area contributed by atoms with Gasteiger partial charge in [0.25, 0.3) is 0 Å². The van der Waals surface area contributed by atoms with E-state index in [-0.39, 0.29) is 11.9 Å². The summed E-state index contributed by atoms with van der Waals surface area (Å²) in [5, 5.41) is 0. The standard InChI is InChI=1S/C16H18FNS/c1-12-5-2-3-6-13(12)9-15(18)11-19-16-8-4-7-14(17)10-16/h2-8,10,15H,9,11,18H2,1H3. The summed E-state index contributed by atoms with van der Waals surface area (Å²) in [6.07, 6.45) is 0.856. The molecule has 0 amide bonds. The Morgan fingerprint density at radius 1 is 1.16 bits per heavy atom. The maximum Gasteiger partial charge on any atom is 0.124 e. The fourth-order valence-electron chi connectivity index (χ4n) is 1.94. The van der Waals surface area contributed by atoms with Gasteiger partial charge >= 0.3 is 0 Å². The molecule has 1 nitrogen and oxygen atoms in total. The van der Waals surface area contributed by atoms with E-state index in [2.05, 4.69) is 19.1 Å². The minimum atomic E-state index is -0.197. The molecule has 0 saturated heterocycles. The molecule has 0 radical (unpaired) electrons. The zero-order chi connectivity index (χ0) is 13.7. The largest absolute Gasteiger partial charge is 0.327 e. The van der Waals surface area contributed by atoms with Crippen molar-refractivity contribution >= 4 is 11.8 Å². The van der Waals surface area contributed by atoms with Crippen LogP contribution in [0.2, 0.25) is 0 Å². The third kappa shape index (κ3) is 4.37. The lowest BCUT2D eigenvalue weighted by Crippen LogP contribution is -2.25. The summed E-state index contributed by atoms with van der Waals surface area (Å²) in [5.41, 5.74) is 8.70. The van der Waals surface area contributed by atoms with E-state index >= 15 is 0 Å². The summed E-state index contributed by atoms with van der Waals surface area (Å²) >= 11 is 1.60. The highest BCUT2D eigenvalue weighted by atomic mass is 32.2. The summed E-state index contributed by atoms with van der Waals surface area (Å²) in [4.78, 5) is 0.931. The molecule has 2 N–H and O–H groups in total. The van der Waals surface area contributed by atoms with Gasteiger partial charge < -0.3 is 5.73 Å². The number of benzene rings is 2. The Morgan fingerprint density at radius 3 is 2.68 bits per heavy atom. The molecule has 0 fully saturated rings. The van der Waals surface area contributed by atoms with Crippen LogP contribution in [0.4, 0.5) is 4.39 Å². The van der Waals surface area contributed by atoms with E-state index in [9.17, 15) is 4.39 Å². The lowest BCUT2D eigenvalue weighted by atomic mass is 10.0. The molecule has 0 aliphatic carbocycles. The predicted octanol–water partition coefficient (Wildman–Crippen LogP) is 3.80. The Morgan fingerprint density at radius 2 is 1.95 bits per heavy atom. The van der Waals surface area contributed by atoms with Crippen molar-refractivity contribution in [3.8, 4) is 0 Å². The molecular formula is C16H18FNS. The number of hydrogen-bond donors (Lipinski definition) is 1. The summed E-state index contributed by atoms with van der Waals surface area (Å²) in [7, 11) is 0. The molecular weight excluding hydrogens is 257 g/mol. The second-order valence-corrected chi connectivity index (χ2v) is 5.75. The lowest BCUT2D eigenvalue weighted by molar-refractivity contribution is 0.624. The first-order chi connectivity index (χ1) is 9.15. The highest BCUT2D eigenvalue weighted by Gasteiger charge is 2.07. The number of rotatable bonds is 5. The van der Waals surface area contributed by atoms with Crippen LogP contribution in [0.1, 0.15) is 11.1 Å². The van der Waals surface area contributed by atoms with Crippen LogP contribution < -0.4 is 5.73 Å². The number of halogens is 1. The summed E-state index contributed by atoms with van der Waals surface area (Å²) in [6.45, 7) is 2.10. The average Bonchev–Trinajstić information content (AvgIpc) is 2.39. The Hall–Kier alpha value is -1.32. The number of hydrogen-bond acceptors (Lipinski definition) is 2. The molecule has 1 unspecified atom stereocenters. The van der Waals surface area contributed by atoms with Gasteiger partial charge in [0, 0.05) is 16.7 Å². The van der Waals surface area contributed by atoms with Crippen LogP contribution in [-0.4, -0.2) is 11.8 Å². The number of nitrogens with two attached hydrogens (primary N) is 1. The van der Waals surface area contributed by atoms with Gasteiger partial charge in [0.15, 0.2) is 0 Å². The topological polar surface area (TPSA) is 26.0 Å². The smallest absolute Gasteiger partial charge is 0.124 e. The Bertz CT molecular complexity index is 542. The van der Waals surface area contributed by atoms with E-state index in [1.54, 1.807) is 23.9 Å². The zero-order valence-electron chi connectivity index (χ0n) is 11.0. The van der Waals surface area contributed by atoms with Gasteiger partial charge in [-0.3, -0.25) is 0 Å². The second kappa shape index (κ2) is 6.73. The summed E-state index contributed by atoms with van der Waals surface area (Å²) < 4.78 is 13.0.